The maximum absolute atomic E-state index is 12.2. The lowest BCUT2D eigenvalue weighted by atomic mass is 9.82. The molecule has 0 aliphatic carbocycles. The number of fused-ring (bicyclic) bond motifs is 1. The summed E-state index contributed by atoms with van der Waals surface area (Å²) in [7, 11) is 0. The van der Waals surface area contributed by atoms with E-state index in [2.05, 4.69) is 10.3 Å². The van der Waals surface area contributed by atoms with Crippen LogP contribution in [0.25, 0.3) is 10.9 Å². The van der Waals surface area contributed by atoms with Crippen molar-refractivity contribution < 1.29 is 14.7 Å². The number of aromatic amines is 1. The molecule has 0 saturated heterocycles. The Bertz CT molecular complexity index is 720. The molecule has 0 spiro atoms. The molecule has 0 aliphatic rings. The van der Waals surface area contributed by atoms with Crippen LogP contribution < -0.4 is 5.32 Å². The van der Waals surface area contributed by atoms with Gasteiger partial charge < -0.3 is 15.4 Å². The van der Waals surface area contributed by atoms with Crippen LogP contribution in [0.1, 0.15) is 32.3 Å². The summed E-state index contributed by atoms with van der Waals surface area (Å²) in [6.07, 6.45) is 2.91. The summed E-state index contributed by atoms with van der Waals surface area (Å²) >= 11 is 6.00. The van der Waals surface area contributed by atoms with Gasteiger partial charge in [0.05, 0.1) is 11.8 Å². The Balaban J connectivity index is 2.07. The minimum absolute atomic E-state index is 0.136. The molecule has 1 aromatic heterocycles. The molecule has 5 nitrogen and oxygen atoms in total. The first-order valence-corrected chi connectivity index (χ1v) is 8.05. The van der Waals surface area contributed by atoms with E-state index in [1.165, 1.54) is 0 Å². The fraction of sp³-hybridized carbons (Fsp3) is 0.412. The van der Waals surface area contributed by atoms with Crippen molar-refractivity contribution in [2.75, 3.05) is 6.54 Å². The van der Waals surface area contributed by atoms with Gasteiger partial charge in [0.2, 0.25) is 5.91 Å². The Labute approximate surface area is 140 Å². The van der Waals surface area contributed by atoms with Crippen molar-refractivity contribution in [3.63, 3.8) is 0 Å². The fourth-order valence-electron chi connectivity index (χ4n) is 2.68. The summed E-state index contributed by atoms with van der Waals surface area (Å²) in [6.45, 7) is 3.79. The van der Waals surface area contributed by atoms with Crippen LogP contribution in [-0.4, -0.2) is 28.5 Å². The average Bonchev–Trinajstić information content (AvgIpc) is 2.91. The van der Waals surface area contributed by atoms with Crippen LogP contribution in [0.15, 0.2) is 24.4 Å². The molecule has 0 unspecified atom stereocenters. The fourth-order valence-corrected chi connectivity index (χ4v) is 2.85. The normalized spacial score (nSPS) is 11.6. The summed E-state index contributed by atoms with van der Waals surface area (Å²) in [5.41, 5.74) is 0.854. The van der Waals surface area contributed by atoms with Crippen LogP contribution in [-0.2, 0) is 16.0 Å². The highest BCUT2D eigenvalue weighted by molar-refractivity contribution is 6.31. The van der Waals surface area contributed by atoms with Gasteiger partial charge in [-0.3, -0.25) is 9.59 Å². The zero-order valence-electron chi connectivity index (χ0n) is 13.3. The van der Waals surface area contributed by atoms with Crippen LogP contribution in [0, 0.1) is 5.41 Å². The van der Waals surface area contributed by atoms with Gasteiger partial charge in [-0.1, -0.05) is 25.4 Å². The number of carboxylic acids is 1. The van der Waals surface area contributed by atoms with Gasteiger partial charge in [0.25, 0.3) is 0 Å². The average molecular weight is 337 g/mol. The molecule has 0 aliphatic heterocycles. The number of carboxylic acid groups (broad SMARTS) is 1. The molecule has 0 atom stereocenters. The molecule has 2 aromatic rings. The molecule has 0 radical (unpaired) electrons. The second kappa shape index (κ2) is 7.04. The van der Waals surface area contributed by atoms with Gasteiger partial charge in [0, 0.05) is 28.7 Å². The monoisotopic (exact) mass is 336 g/mol. The second-order valence-electron chi connectivity index (χ2n) is 5.75. The lowest BCUT2D eigenvalue weighted by Gasteiger charge is -2.26. The summed E-state index contributed by atoms with van der Waals surface area (Å²) in [6, 6.07) is 5.46. The largest absolute Gasteiger partial charge is 0.481 e. The van der Waals surface area contributed by atoms with Gasteiger partial charge in [-0.05, 0) is 36.6 Å². The van der Waals surface area contributed by atoms with E-state index in [0.717, 1.165) is 16.5 Å². The third kappa shape index (κ3) is 3.67. The number of hydrogen-bond acceptors (Lipinski definition) is 2. The van der Waals surface area contributed by atoms with E-state index >= 15 is 0 Å². The molecule has 6 heteroatoms. The molecule has 1 amide bonds. The van der Waals surface area contributed by atoms with E-state index in [9.17, 15) is 14.7 Å². The number of hydrogen-bond donors (Lipinski definition) is 3. The lowest BCUT2D eigenvalue weighted by molar-refractivity contribution is -0.149. The molecule has 23 heavy (non-hydrogen) atoms. The van der Waals surface area contributed by atoms with Crippen LogP contribution in [0.5, 0.6) is 0 Å². The van der Waals surface area contributed by atoms with Gasteiger partial charge in [-0.15, -0.1) is 0 Å². The van der Waals surface area contributed by atoms with E-state index in [-0.39, 0.29) is 18.9 Å². The van der Waals surface area contributed by atoms with Crippen molar-refractivity contribution in [3.05, 3.63) is 35.0 Å². The number of rotatable bonds is 7. The third-order valence-corrected chi connectivity index (χ3v) is 4.75. The number of aliphatic carboxylic acids is 1. The molecule has 2 rings (SSSR count). The van der Waals surface area contributed by atoms with Gasteiger partial charge in [-0.2, -0.15) is 0 Å². The second-order valence-corrected chi connectivity index (χ2v) is 6.19. The van der Waals surface area contributed by atoms with Crippen LogP contribution in [0.3, 0.4) is 0 Å². The van der Waals surface area contributed by atoms with Gasteiger partial charge in [0.1, 0.15) is 0 Å². The van der Waals surface area contributed by atoms with Crippen LogP contribution >= 0.6 is 11.6 Å². The van der Waals surface area contributed by atoms with E-state index in [1.54, 1.807) is 12.3 Å². The first-order chi connectivity index (χ1) is 10.9. The quantitative estimate of drug-likeness (QED) is 0.725. The van der Waals surface area contributed by atoms with Crippen molar-refractivity contribution in [2.45, 2.75) is 33.1 Å². The van der Waals surface area contributed by atoms with Crippen LogP contribution in [0.4, 0.5) is 0 Å². The van der Waals surface area contributed by atoms with Crippen molar-refractivity contribution >= 4 is 34.4 Å². The van der Waals surface area contributed by atoms with Gasteiger partial charge in [-0.25, -0.2) is 0 Å². The molecule has 1 aromatic carbocycles. The molecular formula is C17H21ClN2O3. The summed E-state index contributed by atoms with van der Waals surface area (Å²) < 4.78 is 0. The predicted molar refractivity (Wildman–Crippen MR) is 90.7 cm³/mol. The number of carbonyl (C=O) groups excluding carboxylic acids is 1. The van der Waals surface area contributed by atoms with E-state index in [1.807, 2.05) is 26.0 Å². The Morgan fingerprint density at radius 1 is 1.30 bits per heavy atom. The Morgan fingerprint density at radius 3 is 2.61 bits per heavy atom. The molecule has 0 saturated carbocycles. The molecule has 124 valence electrons. The minimum Gasteiger partial charge on any atom is -0.481 e. The zero-order valence-corrected chi connectivity index (χ0v) is 14.0. The van der Waals surface area contributed by atoms with Gasteiger partial charge in [0.15, 0.2) is 0 Å². The molecular weight excluding hydrogens is 316 g/mol. The topological polar surface area (TPSA) is 82.2 Å². The van der Waals surface area contributed by atoms with Crippen molar-refractivity contribution in [3.8, 4) is 0 Å². The van der Waals surface area contributed by atoms with E-state index < -0.39 is 11.4 Å². The molecule has 0 bridgehead atoms. The maximum Gasteiger partial charge on any atom is 0.311 e. The van der Waals surface area contributed by atoms with Crippen molar-refractivity contribution in [1.29, 1.82) is 0 Å². The number of carbonyl (C=O) groups is 2. The predicted octanol–water partition coefficient (Wildman–Crippen LogP) is 3.37. The highest BCUT2D eigenvalue weighted by atomic mass is 35.5. The number of amides is 1. The van der Waals surface area contributed by atoms with E-state index in [4.69, 9.17) is 11.6 Å². The summed E-state index contributed by atoms with van der Waals surface area (Å²) in [5, 5.41) is 13.7. The van der Waals surface area contributed by atoms with E-state index in [0.29, 0.717) is 17.9 Å². The van der Waals surface area contributed by atoms with Crippen molar-refractivity contribution in [2.24, 2.45) is 5.41 Å². The number of benzene rings is 1. The Morgan fingerprint density at radius 2 is 2.00 bits per heavy atom. The number of H-pyrrole nitrogens is 1. The molecule has 0 fully saturated rings. The first kappa shape index (κ1) is 17.3. The number of halogens is 1. The van der Waals surface area contributed by atoms with Crippen molar-refractivity contribution in [1.82, 2.24) is 10.3 Å². The van der Waals surface area contributed by atoms with Crippen LogP contribution in [0.2, 0.25) is 5.02 Å². The Kier molecular flexibility index (Phi) is 5.31. The SMILES string of the molecule is CCC(CC)(CNC(=O)Cc1c[nH]c2ccc(Cl)cc12)C(=O)O. The zero-order chi connectivity index (χ0) is 17.0. The minimum atomic E-state index is -0.904. The highest BCUT2D eigenvalue weighted by Gasteiger charge is 2.35. The third-order valence-electron chi connectivity index (χ3n) is 4.51. The molecule has 1 heterocycles. The lowest BCUT2D eigenvalue weighted by Crippen LogP contribution is -2.42. The standard InChI is InChI=1S/C17H21ClN2O3/c1-3-17(4-2,16(22)23)10-20-15(21)7-11-9-19-14-6-5-12(18)8-13(11)14/h5-6,8-9,19H,3-4,7,10H2,1-2H3,(H,20,21)(H,22,23). The first-order valence-electron chi connectivity index (χ1n) is 7.67. The Hall–Kier alpha value is -2.01. The van der Waals surface area contributed by atoms with Gasteiger partial charge >= 0.3 is 5.97 Å². The smallest absolute Gasteiger partial charge is 0.311 e. The molecule has 3 N–H and O–H groups in total. The summed E-state index contributed by atoms with van der Waals surface area (Å²) in [4.78, 5) is 26.7. The number of aromatic nitrogens is 1. The number of nitrogens with one attached hydrogen (secondary N) is 2. The summed E-state index contributed by atoms with van der Waals surface area (Å²) in [5.74, 6) is -1.07. The maximum atomic E-state index is 12.2. The highest BCUT2D eigenvalue weighted by Crippen LogP contribution is 2.26.